The summed E-state index contributed by atoms with van der Waals surface area (Å²) in [6.45, 7) is 4.88. The molecule has 1 aliphatic heterocycles. The van der Waals surface area contributed by atoms with E-state index in [2.05, 4.69) is 14.9 Å². The van der Waals surface area contributed by atoms with E-state index in [4.69, 9.17) is 25.8 Å². The van der Waals surface area contributed by atoms with E-state index in [0.717, 1.165) is 43.8 Å². The molecule has 0 radical (unpaired) electrons. The van der Waals surface area contributed by atoms with E-state index in [9.17, 15) is 0 Å². The highest BCUT2D eigenvalue weighted by Crippen LogP contribution is 2.33. The van der Waals surface area contributed by atoms with Gasteiger partial charge in [-0.05, 0) is 6.07 Å². The summed E-state index contributed by atoms with van der Waals surface area (Å²) in [6, 6.07) is 3.64. The van der Waals surface area contributed by atoms with Gasteiger partial charge < -0.3 is 14.2 Å². The third-order valence-electron chi connectivity index (χ3n) is 3.64. The van der Waals surface area contributed by atoms with Crippen molar-refractivity contribution < 1.29 is 14.2 Å². The fraction of sp³-hybridized carbons (Fsp3) is 0.467. The third-order valence-corrected chi connectivity index (χ3v) is 3.94. The van der Waals surface area contributed by atoms with Crippen LogP contribution in [0.3, 0.4) is 0 Å². The van der Waals surface area contributed by atoms with Crippen LogP contribution in [0.15, 0.2) is 18.5 Å². The highest BCUT2D eigenvalue weighted by atomic mass is 35.5. The van der Waals surface area contributed by atoms with E-state index in [-0.39, 0.29) is 0 Å². The van der Waals surface area contributed by atoms with Crippen LogP contribution in [0.25, 0.3) is 10.9 Å². The minimum absolute atomic E-state index is 0.408. The minimum atomic E-state index is 0.408. The first-order chi connectivity index (χ1) is 10.8. The second-order valence-corrected chi connectivity index (χ2v) is 5.35. The van der Waals surface area contributed by atoms with Crippen LogP contribution in [0, 0.1) is 0 Å². The van der Waals surface area contributed by atoms with Gasteiger partial charge in [-0.1, -0.05) is 11.6 Å². The first kappa shape index (κ1) is 15.3. The Hall–Kier alpha value is -1.63. The zero-order valence-corrected chi connectivity index (χ0v) is 13.2. The minimum Gasteiger partial charge on any atom is -0.493 e. The first-order valence-electron chi connectivity index (χ1n) is 7.19. The summed E-state index contributed by atoms with van der Waals surface area (Å²) >= 11 is 6.11. The van der Waals surface area contributed by atoms with Gasteiger partial charge >= 0.3 is 0 Å². The van der Waals surface area contributed by atoms with Crippen LogP contribution < -0.4 is 9.47 Å². The van der Waals surface area contributed by atoms with Crippen molar-refractivity contribution >= 4 is 22.5 Å². The fourth-order valence-corrected chi connectivity index (χ4v) is 2.61. The lowest BCUT2D eigenvalue weighted by Gasteiger charge is -2.26. The molecule has 6 nitrogen and oxygen atoms in total. The number of benzene rings is 1. The maximum Gasteiger partial charge on any atom is 0.162 e. The first-order valence-corrected chi connectivity index (χ1v) is 7.57. The van der Waals surface area contributed by atoms with Crippen LogP contribution in [0.1, 0.15) is 0 Å². The Morgan fingerprint density at radius 1 is 1.23 bits per heavy atom. The van der Waals surface area contributed by atoms with Gasteiger partial charge in [-0.3, -0.25) is 4.90 Å². The number of fused-ring (bicyclic) bond motifs is 1. The zero-order valence-electron chi connectivity index (χ0n) is 12.4. The molecule has 0 saturated carbocycles. The van der Waals surface area contributed by atoms with Crippen LogP contribution >= 0.6 is 11.6 Å². The monoisotopic (exact) mass is 323 g/mol. The molecule has 1 saturated heterocycles. The third kappa shape index (κ3) is 3.40. The Bertz CT molecular complexity index is 647. The molecule has 2 heterocycles. The Morgan fingerprint density at radius 3 is 2.82 bits per heavy atom. The Morgan fingerprint density at radius 2 is 2.05 bits per heavy atom. The molecule has 0 spiro atoms. The van der Waals surface area contributed by atoms with E-state index >= 15 is 0 Å². The van der Waals surface area contributed by atoms with Gasteiger partial charge in [0.1, 0.15) is 18.1 Å². The van der Waals surface area contributed by atoms with E-state index in [1.165, 1.54) is 6.33 Å². The molecule has 7 heteroatoms. The summed E-state index contributed by atoms with van der Waals surface area (Å²) in [5.41, 5.74) is 0.734. The maximum absolute atomic E-state index is 6.11. The van der Waals surface area contributed by atoms with Crippen molar-refractivity contribution in [3.63, 3.8) is 0 Å². The number of morpholine rings is 1. The lowest BCUT2D eigenvalue weighted by atomic mass is 10.2. The van der Waals surface area contributed by atoms with Crippen molar-refractivity contribution in [2.24, 2.45) is 0 Å². The molecule has 0 bridgehead atoms. The van der Waals surface area contributed by atoms with Crippen molar-refractivity contribution in [1.82, 2.24) is 14.9 Å². The van der Waals surface area contributed by atoms with Gasteiger partial charge in [-0.2, -0.15) is 0 Å². The molecule has 0 aliphatic carbocycles. The van der Waals surface area contributed by atoms with Crippen LogP contribution in [0.5, 0.6) is 11.5 Å². The topological polar surface area (TPSA) is 56.7 Å². The standard InChI is InChI=1S/C15H18ClN3O3/c1-20-13-9-12-11(15(16)18-10-17-12)8-14(13)22-7-4-19-2-5-21-6-3-19/h8-10H,2-7H2,1H3. The molecule has 0 atom stereocenters. The molecule has 118 valence electrons. The molecular formula is C15H18ClN3O3. The lowest BCUT2D eigenvalue weighted by Crippen LogP contribution is -2.38. The molecular weight excluding hydrogens is 306 g/mol. The van der Waals surface area contributed by atoms with E-state index in [1.54, 1.807) is 7.11 Å². The van der Waals surface area contributed by atoms with Crippen LogP contribution in [0.2, 0.25) is 5.15 Å². The highest BCUT2D eigenvalue weighted by Gasteiger charge is 2.13. The van der Waals surface area contributed by atoms with Crippen molar-refractivity contribution in [2.45, 2.75) is 0 Å². The summed E-state index contributed by atoms with van der Waals surface area (Å²) < 4.78 is 16.6. The average molecular weight is 324 g/mol. The Labute approximate surface area is 134 Å². The maximum atomic E-state index is 6.11. The second-order valence-electron chi connectivity index (χ2n) is 4.99. The van der Waals surface area contributed by atoms with Crippen molar-refractivity contribution in [2.75, 3.05) is 46.6 Å². The Kier molecular flexibility index (Phi) is 4.92. The van der Waals surface area contributed by atoms with Gasteiger partial charge in [0, 0.05) is 31.1 Å². The van der Waals surface area contributed by atoms with Crippen LogP contribution in [-0.2, 0) is 4.74 Å². The quantitative estimate of drug-likeness (QED) is 0.785. The smallest absolute Gasteiger partial charge is 0.162 e. The van der Waals surface area contributed by atoms with Gasteiger partial charge in [-0.25, -0.2) is 9.97 Å². The SMILES string of the molecule is COc1cc2ncnc(Cl)c2cc1OCCN1CCOCC1. The second kappa shape index (κ2) is 7.09. The molecule has 0 N–H and O–H groups in total. The molecule has 1 aromatic carbocycles. The number of ether oxygens (including phenoxy) is 3. The van der Waals surface area contributed by atoms with E-state index in [1.807, 2.05) is 12.1 Å². The average Bonchev–Trinajstić information content (AvgIpc) is 2.56. The van der Waals surface area contributed by atoms with Gasteiger partial charge in [0.2, 0.25) is 0 Å². The molecule has 3 rings (SSSR count). The highest BCUT2D eigenvalue weighted by molar-refractivity contribution is 6.34. The van der Waals surface area contributed by atoms with Crippen molar-refractivity contribution in [3.8, 4) is 11.5 Å². The number of hydrogen-bond acceptors (Lipinski definition) is 6. The van der Waals surface area contributed by atoms with Gasteiger partial charge in [0.15, 0.2) is 11.5 Å². The lowest BCUT2D eigenvalue weighted by molar-refractivity contribution is 0.0321. The zero-order chi connectivity index (χ0) is 15.4. The molecule has 22 heavy (non-hydrogen) atoms. The van der Waals surface area contributed by atoms with Crippen LogP contribution in [-0.4, -0.2) is 61.4 Å². The normalized spacial score (nSPS) is 15.9. The molecule has 1 fully saturated rings. The predicted octanol–water partition coefficient (Wildman–Crippen LogP) is 2.00. The summed E-state index contributed by atoms with van der Waals surface area (Å²) in [4.78, 5) is 10.5. The number of aromatic nitrogens is 2. The Balaban J connectivity index is 1.72. The molecule has 0 amide bonds. The molecule has 0 unspecified atom stereocenters. The van der Waals surface area contributed by atoms with E-state index < -0.39 is 0 Å². The predicted molar refractivity (Wildman–Crippen MR) is 83.9 cm³/mol. The van der Waals surface area contributed by atoms with Crippen LogP contribution in [0.4, 0.5) is 0 Å². The summed E-state index contributed by atoms with van der Waals surface area (Å²) in [5.74, 6) is 1.30. The van der Waals surface area contributed by atoms with Gasteiger partial charge in [0.05, 0.1) is 25.8 Å². The molecule has 1 aromatic heterocycles. The number of halogens is 1. The number of methoxy groups -OCH3 is 1. The summed E-state index contributed by atoms with van der Waals surface area (Å²) in [7, 11) is 1.61. The van der Waals surface area contributed by atoms with Gasteiger partial charge in [0.25, 0.3) is 0 Å². The van der Waals surface area contributed by atoms with Crippen molar-refractivity contribution in [3.05, 3.63) is 23.6 Å². The number of hydrogen-bond donors (Lipinski definition) is 0. The summed E-state index contributed by atoms with van der Waals surface area (Å²) in [5, 5.41) is 1.16. The largest absolute Gasteiger partial charge is 0.493 e. The molecule has 2 aromatic rings. The number of rotatable bonds is 5. The van der Waals surface area contributed by atoms with Gasteiger partial charge in [-0.15, -0.1) is 0 Å². The fourth-order valence-electron chi connectivity index (χ4n) is 2.41. The summed E-state index contributed by atoms with van der Waals surface area (Å²) in [6.07, 6.45) is 1.43. The molecule has 1 aliphatic rings. The van der Waals surface area contributed by atoms with Crippen molar-refractivity contribution in [1.29, 1.82) is 0 Å². The van der Waals surface area contributed by atoms with E-state index in [0.29, 0.717) is 23.3 Å². The number of nitrogens with zero attached hydrogens (tertiary/aromatic N) is 3.